The molecule has 20 heavy (non-hydrogen) atoms. The van der Waals surface area contributed by atoms with Crippen molar-refractivity contribution in [3.63, 3.8) is 0 Å². The number of carbonyl (C=O) groups is 2. The Kier molecular flexibility index (Phi) is 3.25. The van der Waals surface area contributed by atoms with Gasteiger partial charge in [-0.1, -0.05) is 19.1 Å². The summed E-state index contributed by atoms with van der Waals surface area (Å²) in [7, 11) is 0. The van der Waals surface area contributed by atoms with Crippen molar-refractivity contribution >= 4 is 11.8 Å². The van der Waals surface area contributed by atoms with E-state index in [0.29, 0.717) is 0 Å². The maximum atomic E-state index is 13.4. The molecule has 2 rings (SSSR count). The van der Waals surface area contributed by atoms with E-state index in [9.17, 15) is 24.5 Å². The van der Waals surface area contributed by atoms with Crippen LogP contribution in [0.15, 0.2) is 24.3 Å². The Balaban J connectivity index is 2.68. The number of carbonyl (C=O) groups excluding carboxylic acids is 2. The minimum atomic E-state index is -1.38. The number of imide groups is 1. The summed E-state index contributed by atoms with van der Waals surface area (Å²) in [5.74, 6) is -4.58. The molecule has 0 bridgehead atoms. The fourth-order valence-corrected chi connectivity index (χ4v) is 2.52. The zero-order valence-corrected chi connectivity index (χ0v) is 10.6. The molecule has 0 aliphatic carbocycles. The molecular formula is C14H10FN3O2. The molecule has 1 aliphatic heterocycles. The van der Waals surface area contributed by atoms with Gasteiger partial charge >= 0.3 is 0 Å². The first-order valence-corrected chi connectivity index (χ1v) is 5.85. The van der Waals surface area contributed by atoms with Gasteiger partial charge in [-0.15, -0.1) is 0 Å². The Labute approximate surface area is 114 Å². The first-order chi connectivity index (χ1) is 9.44. The number of nitrogens with one attached hydrogen (secondary N) is 1. The SMILES string of the molecule is CC1(c2cccc(F)c2)[C@H](C#N)C(=O)NC(=O)[C@@H]1C#N. The zero-order valence-electron chi connectivity index (χ0n) is 10.6. The summed E-state index contributed by atoms with van der Waals surface area (Å²) < 4.78 is 13.4. The minimum Gasteiger partial charge on any atom is -0.294 e. The quantitative estimate of drug-likeness (QED) is 0.771. The molecule has 1 aromatic rings. The van der Waals surface area contributed by atoms with Gasteiger partial charge < -0.3 is 0 Å². The number of nitrogens with zero attached hydrogens (tertiary/aromatic N) is 2. The molecule has 100 valence electrons. The van der Waals surface area contributed by atoms with E-state index in [1.807, 2.05) is 17.5 Å². The van der Waals surface area contributed by atoms with Crippen LogP contribution in [-0.4, -0.2) is 11.8 Å². The molecule has 1 aromatic carbocycles. The third kappa shape index (κ3) is 1.83. The van der Waals surface area contributed by atoms with Crippen molar-refractivity contribution in [1.82, 2.24) is 5.32 Å². The van der Waals surface area contributed by atoms with Crippen LogP contribution in [0.2, 0.25) is 0 Å². The van der Waals surface area contributed by atoms with E-state index in [1.54, 1.807) is 0 Å². The highest BCUT2D eigenvalue weighted by Gasteiger charge is 2.54. The van der Waals surface area contributed by atoms with Crippen molar-refractivity contribution in [2.75, 3.05) is 0 Å². The highest BCUT2D eigenvalue weighted by Crippen LogP contribution is 2.42. The normalized spacial score (nSPS) is 29.2. The summed E-state index contributed by atoms with van der Waals surface area (Å²) in [5.41, 5.74) is -1.11. The van der Waals surface area contributed by atoms with Gasteiger partial charge in [-0.3, -0.25) is 14.9 Å². The standard InChI is InChI=1S/C14H10FN3O2/c1-14(8-3-2-4-9(15)5-8)10(6-16)12(19)18-13(20)11(14)7-17/h2-5,10-11H,1H3,(H,18,19,20)/t10-,11+,14?. The number of piperidine rings is 1. The summed E-state index contributed by atoms with van der Waals surface area (Å²) in [6.45, 7) is 1.46. The number of amides is 2. The minimum absolute atomic E-state index is 0.277. The molecule has 1 N–H and O–H groups in total. The molecule has 0 radical (unpaired) electrons. The lowest BCUT2D eigenvalue weighted by Gasteiger charge is -2.39. The van der Waals surface area contributed by atoms with E-state index in [2.05, 4.69) is 0 Å². The first kappa shape index (κ1) is 13.7. The molecule has 1 unspecified atom stereocenters. The Morgan fingerprint density at radius 1 is 1.20 bits per heavy atom. The smallest absolute Gasteiger partial charge is 0.244 e. The second-order valence-electron chi connectivity index (χ2n) is 4.77. The van der Waals surface area contributed by atoms with Crippen molar-refractivity contribution in [1.29, 1.82) is 10.5 Å². The van der Waals surface area contributed by atoms with Crippen LogP contribution in [0.5, 0.6) is 0 Å². The van der Waals surface area contributed by atoms with Gasteiger partial charge in [-0.25, -0.2) is 4.39 Å². The second kappa shape index (κ2) is 4.75. The summed E-state index contributed by atoms with van der Waals surface area (Å²) in [4.78, 5) is 23.6. The fraction of sp³-hybridized carbons (Fsp3) is 0.286. The number of benzene rings is 1. The van der Waals surface area contributed by atoms with Crippen molar-refractivity contribution < 1.29 is 14.0 Å². The first-order valence-electron chi connectivity index (χ1n) is 5.85. The van der Waals surface area contributed by atoms with Gasteiger partial charge in [-0.2, -0.15) is 10.5 Å². The van der Waals surface area contributed by atoms with Gasteiger partial charge in [0.25, 0.3) is 0 Å². The van der Waals surface area contributed by atoms with Crippen molar-refractivity contribution in [3.8, 4) is 12.1 Å². The van der Waals surface area contributed by atoms with Gasteiger partial charge in [0.05, 0.1) is 12.1 Å². The molecule has 0 spiro atoms. The molecule has 6 heteroatoms. The molecule has 1 saturated heterocycles. The lowest BCUT2D eigenvalue weighted by molar-refractivity contribution is -0.140. The number of nitriles is 2. The number of hydrogen-bond acceptors (Lipinski definition) is 4. The second-order valence-corrected chi connectivity index (χ2v) is 4.77. The van der Waals surface area contributed by atoms with Gasteiger partial charge in [0.15, 0.2) is 0 Å². The van der Waals surface area contributed by atoms with Crippen LogP contribution in [0.4, 0.5) is 4.39 Å². The van der Waals surface area contributed by atoms with Crippen molar-refractivity contribution in [3.05, 3.63) is 35.6 Å². The fourth-order valence-electron chi connectivity index (χ4n) is 2.52. The van der Waals surface area contributed by atoms with Crippen LogP contribution in [0, 0.1) is 40.3 Å². The van der Waals surface area contributed by atoms with E-state index < -0.39 is 34.9 Å². The van der Waals surface area contributed by atoms with Gasteiger partial charge in [0.1, 0.15) is 17.7 Å². The predicted octanol–water partition coefficient (Wildman–Crippen LogP) is 1.02. The molecule has 1 fully saturated rings. The molecule has 0 saturated carbocycles. The zero-order chi connectivity index (χ0) is 14.9. The van der Waals surface area contributed by atoms with Crippen molar-refractivity contribution in [2.45, 2.75) is 12.3 Å². The van der Waals surface area contributed by atoms with E-state index in [4.69, 9.17) is 0 Å². The van der Waals surface area contributed by atoms with Crippen LogP contribution < -0.4 is 5.32 Å². The third-order valence-electron chi connectivity index (χ3n) is 3.67. The summed E-state index contributed by atoms with van der Waals surface area (Å²) in [6, 6.07) is 8.88. The topological polar surface area (TPSA) is 93.8 Å². The molecule has 0 aromatic heterocycles. The van der Waals surface area contributed by atoms with E-state index in [1.165, 1.54) is 25.1 Å². The van der Waals surface area contributed by atoms with Gasteiger partial charge in [-0.05, 0) is 17.7 Å². The molecule has 1 aliphatic rings. The molecule has 3 atom stereocenters. The van der Waals surface area contributed by atoms with E-state index in [-0.39, 0.29) is 5.56 Å². The molecule has 5 nitrogen and oxygen atoms in total. The van der Waals surface area contributed by atoms with Gasteiger partial charge in [0.2, 0.25) is 11.8 Å². The molecule has 2 amide bonds. The molecular weight excluding hydrogens is 261 g/mol. The predicted molar refractivity (Wildman–Crippen MR) is 65.1 cm³/mol. The molecule has 1 heterocycles. The number of rotatable bonds is 1. The summed E-state index contributed by atoms with van der Waals surface area (Å²) in [6.07, 6.45) is 0. The van der Waals surface area contributed by atoms with Crippen LogP contribution >= 0.6 is 0 Å². The average Bonchev–Trinajstić information content (AvgIpc) is 2.39. The third-order valence-corrected chi connectivity index (χ3v) is 3.67. The lowest BCUT2D eigenvalue weighted by Crippen LogP contribution is -2.58. The van der Waals surface area contributed by atoms with Crippen LogP contribution in [0.25, 0.3) is 0 Å². The maximum absolute atomic E-state index is 13.4. The highest BCUT2D eigenvalue weighted by molar-refractivity contribution is 6.04. The monoisotopic (exact) mass is 271 g/mol. The Bertz CT molecular complexity index is 640. The lowest BCUT2D eigenvalue weighted by atomic mass is 9.62. The largest absolute Gasteiger partial charge is 0.294 e. The van der Waals surface area contributed by atoms with Gasteiger partial charge in [0, 0.05) is 5.41 Å². The van der Waals surface area contributed by atoms with E-state index in [0.717, 1.165) is 6.07 Å². The number of halogens is 1. The highest BCUT2D eigenvalue weighted by atomic mass is 19.1. The van der Waals surface area contributed by atoms with Crippen molar-refractivity contribution in [2.24, 2.45) is 11.8 Å². The average molecular weight is 271 g/mol. The van der Waals surface area contributed by atoms with E-state index >= 15 is 0 Å². The Morgan fingerprint density at radius 3 is 2.20 bits per heavy atom. The number of hydrogen-bond donors (Lipinski definition) is 1. The summed E-state index contributed by atoms with van der Waals surface area (Å²) in [5, 5.41) is 20.4. The van der Waals surface area contributed by atoms with Crippen LogP contribution in [0.3, 0.4) is 0 Å². The van der Waals surface area contributed by atoms with Crippen LogP contribution in [0.1, 0.15) is 12.5 Å². The summed E-state index contributed by atoms with van der Waals surface area (Å²) >= 11 is 0. The van der Waals surface area contributed by atoms with Crippen LogP contribution in [-0.2, 0) is 15.0 Å². The maximum Gasteiger partial charge on any atom is 0.244 e. The Hall–Kier alpha value is -2.73. The Morgan fingerprint density at radius 2 is 1.75 bits per heavy atom.